The molecule has 34 heavy (non-hydrogen) atoms. The summed E-state index contributed by atoms with van der Waals surface area (Å²) >= 11 is 7.05. The fourth-order valence-corrected chi connectivity index (χ4v) is 4.56. The monoisotopic (exact) mass is 502 g/mol. The molecule has 4 rings (SSSR count). The van der Waals surface area contributed by atoms with Gasteiger partial charge >= 0.3 is 0 Å². The topological polar surface area (TPSA) is 85.4 Å². The molecular formula is C24H23ClN2O6S. The van der Waals surface area contributed by atoms with Crippen molar-refractivity contribution in [3.63, 3.8) is 0 Å². The molecule has 0 bridgehead atoms. The molecule has 0 radical (unpaired) electrons. The number of ether oxygens (including phenoxy) is 3. The molecule has 2 aliphatic rings. The van der Waals surface area contributed by atoms with Crippen LogP contribution < -0.4 is 9.47 Å². The van der Waals surface area contributed by atoms with E-state index in [4.69, 9.17) is 25.8 Å². The Morgan fingerprint density at radius 3 is 2.65 bits per heavy atom. The SMILES string of the molecule is COc1cc(/C=C2\SC(=O)N(Cc3ccccc3Cl)C2=O)ccc1OCC(=O)N1CCOCC1. The van der Waals surface area contributed by atoms with Crippen LogP contribution in [0, 0.1) is 0 Å². The number of imide groups is 1. The minimum absolute atomic E-state index is 0.106. The van der Waals surface area contributed by atoms with Gasteiger partial charge in [-0.05, 0) is 47.2 Å². The van der Waals surface area contributed by atoms with Gasteiger partial charge in [0.05, 0.1) is 31.8 Å². The van der Waals surface area contributed by atoms with E-state index in [1.165, 1.54) is 12.0 Å². The fourth-order valence-electron chi connectivity index (χ4n) is 3.52. The summed E-state index contributed by atoms with van der Waals surface area (Å²) in [6.07, 6.45) is 1.63. The number of carbonyl (C=O) groups is 3. The maximum atomic E-state index is 12.9. The van der Waals surface area contributed by atoms with E-state index in [0.717, 1.165) is 11.8 Å². The molecule has 10 heteroatoms. The van der Waals surface area contributed by atoms with Crippen LogP contribution in [-0.4, -0.2) is 66.9 Å². The number of nitrogens with zero attached hydrogens (tertiary/aromatic N) is 2. The van der Waals surface area contributed by atoms with Crippen LogP contribution >= 0.6 is 23.4 Å². The van der Waals surface area contributed by atoms with Gasteiger partial charge in [0.2, 0.25) is 0 Å². The molecule has 3 amide bonds. The summed E-state index contributed by atoms with van der Waals surface area (Å²) in [5, 5.41) is 0.141. The van der Waals surface area contributed by atoms with Crippen molar-refractivity contribution in [2.75, 3.05) is 40.0 Å². The van der Waals surface area contributed by atoms with Crippen molar-refractivity contribution in [2.45, 2.75) is 6.54 Å². The molecular weight excluding hydrogens is 480 g/mol. The summed E-state index contributed by atoms with van der Waals surface area (Å²) in [6.45, 7) is 2.13. The van der Waals surface area contributed by atoms with Crippen LogP contribution in [0.3, 0.4) is 0 Å². The van der Waals surface area contributed by atoms with Gasteiger partial charge in [0, 0.05) is 18.1 Å². The Hall–Kier alpha value is -3.01. The highest BCUT2D eigenvalue weighted by Crippen LogP contribution is 2.35. The quantitative estimate of drug-likeness (QED) is 0.532. The Bertz CT molecular complexity index is 1130. The predicted octanol–water partition coefficient (Wildman–Crippen LogP) is 3.82. The van der Waals surface area contributed by atoms with Crippen LogP contribution in [0.15, 0.2) is 47.4 Å². The van der Waals surface area contributed by atoms with Gasteiger partial charge in [-0.3, -0.25) is 19.3 Å². The van der Waals surface area contributed by atoms with Crippen LogP contribution in [-0.2, 0) is 20.9 Å². The van der Waals surface area contributed by atoms with E-state index >= 15 is 0 Å². The molecule has 0 spiro atoms. The second-order valence-corrected chi connectivity index (χ2v) is 8.95. The van der Waals surface area contributed by atoms with Gasteiger partial charge < -0.3 is 19.1 Å². The molecule has 2 aliphatic heterocycles. The number of morpholine rings is 1. The lowest BCUT2D eigenvalue weighted by molar-refractivity contribution is -0.137. The number of thioether (sulfide) groups is 1. The van der Waals surface area contributed by atoms with Crippen molar-refractivity contribution < 1.29 is 28.6 Å². The van der Waals surface area contributed by atoms with E-state index in [2.05, 4.69) is 0 Å². The summed E-state index contributed by atoms with van der Waals surface area (Å²) in [4.78, 5) is 40.8. The van der Waals surface area contributed by atoms with Crippen molar-refractivity contribution in [3.8, 4) is 11.5 Å². The van der Waals surface area contributed by atoms with Crippen LogP contribution in [0.25, 0.3) is 6.08 Å². The summed E-state index contributed by atoms with van der Waals surface area (Å²) in [5.74, 6) is 0.318. The van der Waals surface area contributed by atoms with E-state index in [9.17, 15) is 14.4 Å². The number of carbonyl (C=O) groups excluding carboxylic acids is 3. The molecule has 178 valence electrons. The van der Waals surface area contributed by atoms with E-state index in [1.54, 1.807) is 53.4 Å². The highest BCUT2D eigenvalue weighted by Gasteiger charge is 2.35. The number of methoxy groups -OCH3 is 1. The normalized spacial score (nSPS) is 17.4. The lowest BCUT2D eigenvalue weighted by Crippen LogP contribution is -2.43. The maximum absolute atomic E-state index is 12.9. The first-order valence-electron chi connectivity index (χ1n) is 10.6. The average molecular weight is 503 g/mol. The highest BCUT2D eigenvalue weighted by molar-refractivity contribution is 8.18. The van der Waals surface area contributed by atoms with Gasteiger partial charge in [0.25, 0.3) is 17.1 Å². The molecule has 2 aromatic rings. The molecule has 8 nitrogen and oxygen atoms in total. The first kappa shape index (κ1) is 24.1. The van der Waals surface area contributed by atoms with Crippen molar-refractivity contribution in [1.82, 2.24) is 9.80 Å². The molecule has 0 saturated carbocycles. The lowest BCUT2D eigenvalue weighted by atomic mass is 10.1. The maximum Gasteiger partial charge on any atom is 0.293 e. The zero-order chi connectivity index (χ0) is 24.1. The number of rotatable bonds is 7. The summed E-state index contributed by atoms with van der Waals surface area (Å²) in [7, 11) is 1.49. The zero-order valence-corrected chi connectivity index (χ0v) is 20.1. The standard InChI is InChI=1S/C24H23ClN2O6S/c1-31-20-12-16(6-7-19(20)33-15-22(28)26-8-10-32-11-9-26)13-21-23(29)27(24(30)34-21)14-17-4-2-3-5-18(17)25/h2-7,12-13H,8-11,14-15H2,1H3/b21-13-. The third-order valence-corrected chi connectivity index (χ3v) is 6.64. The second kappa shape index (κ2) is 10.9. The Kier molecular flexibility index (Phi) is 7.77. The average Bonchev–Trinajstić information content (AvgIpc) is 3.12. The first-order chi connectivity index (χ1) is 16.5. The van der Waals surface area contributed by atoms with E-state index in [0.29, 0.717) is 58.9 Å². The minimum Gasteiger partial charge on any atom is -0.493 e. The third-order valence-electron chi connectivity index (χ3n) is 5.36. The van der Waals surface area contributed by atoms with Gasteiger partial charge in [-0.1, -0.05) is 35.9 Å². The van der Waals surface area contributed by atoms with Gasteiger partial charge in [-0.25, -0.2) is 0 Å². The summed E-state index contributed by atoms with van der Waals surface area (Å²) in [5.41, 5.74) is 1.36. The number of hydrogen-bond acceptors (Lipinski definition) is 7. The number of amides is 3. The van der Waals surface area contributed by atoms with Gasteiger partial charge in [-0.15, -0.1) is 0 Å². The predicted molar refractivity (Wildman–Crippen MR) is 129 cm³/mol. The molecule has 2 fully saturated rings. The number of hydrogen-bond donors (Lipinski definition) is 0. The second-order valence-electron chi connectivity index (χ2n) is 7.55. The largest absolute Gasteiger partial charge is 0.493 e. The summed E-state index contributed by atoms with van der Waals surface area (Å²) in [6, 6.07) is 12.2. The highest BCUT2D eigenvalue weighted by atomic mass is 35.5. The van der Waals surface area contributed by atoms with Gasteiger partial charge in [-0.2, -0.15) is 0 Å². The Labute approximate surface area is 206 Å². The van der Waals surface area contributed by atoms with E-state index in [1.807, 2.05) is 0 Å². The molecule has 0 aromatic heterocycles. The minimum atomic E-state index is -0.384. The van der Waals surface area contributed by atoms with Crippen molar-refractivity contribution in [1.29, 1.82) is 0 Å². The smallest absolute Gasteiger partial charge is 0.293 e. The van der Waals surface area contributed by atoms with Crippen LogP contribution in [0.5, 0.6) is 11.5 Å². The van der Waals surface area contributed by atoms with Gasteiger partial charge in [0.15, 0.2) is 18.1 Å². The van der Waals surface area contributed by atoms with E-state index < -0.39 is 0 Å². The molecule has 2 aromatic carbocycles. The van der Waals surface area contributed by atoms with Crippen LogP contribution in [0.1, 0.15) is 11.1 Å². The van der Waals surface area contributed by atoms with Crippen molar-refractivity contribution in [3.05, 3.63) is 63.5 Å². The molecule has 0 unspecified atom stereocenters. The first-order valence-corrected chi connectivity index (χ1v) is 11.8. The Balaban J connectivity index is 1.44. The fraction of sp³-hybridized carbons (Fsp3) is 0.292. The molecule has 2 saturated heterocycles. The number of halogens is 1. The Morgan fingerprint density at radius 2 is 1.91 bits per heavy atom. The molecule has 2 heterocycles. The zero-order valence-electron chi connectivity index (χ0n) is 18.5. The lowest BCUT2D eigenvalue weighted by Gasteiger charge is -2.26. The molecule has 0 aliphatic carbocycles. The Morgan fingerprint density at radius 1 is 1.15 bits per heavy atom. The van der Waals surface area contributed by atoms with Crippen LogP contribution in [0.2, 0.25) is 5.02 Å². The molecule has 0 N–H and O–H groups in total. The van der Waals surface area contributed by atoms with Crippen molar-refractivity contribution in [2.24, 2.45) is 0 Å². The van der Waals surface area contributed by atoms with Crippen LogP contribution in [0.4, 0.5) is 4.79 Å². The van der Waals surface area contributed by atoms with E-state index in [-0.39, 0.29) is 30.2 Å². The summed E-state index contributed by atoms with van der Waals surface area (Å²) < 4.78 is 16.3. The van der Waals surface area contributed by atoms with Crippen molar-refractivity contribution >= 4 is 46.5 Å². The number of benzene rings is 2. The van der Waals surface area contributed by atoms with Gasteiger partial charge in [0.1, 0.15) is 0 Å². The third kappa shape index (κ3) is 5.55. The molecule has 0 atom stereocenters.